The molecule has 1 fully saturated rings. The van der Waals surface area contributed by atoms with Gasteiger partial charge in [0, 0.05) is 19.0 Å². The Bertz CT molecular complexity index is 329. The highest BCUT2D eigenvalue weighted by atomic mass is 16.4. The van der Waals surface area contributed by atoms with E-state index in [9.17, 15) is 14.4 Å². The van der Waals surface area contributed by atoms with Crippen molar-refractivity contribution in [3.8, 4) is 0 Å². The van der Waals surface area contributed by atoms with Crippen LogP contribution in [0.2, 0.25) is 0 Å². The molecule has 7 heteroatoms. The fourth-order valence-electron chi connectivity index (χ4n) is 1.51. The average Bonchev–Trinajstić information content (AvgIpc) is 3.14. The number of urea groups is 1. The van der Waals surface area contributed by atoms with E-state index in [-0.39, 0.29) is 24.9 Å². The zero-order valence-electron chi connectivity index (χ0n) is 10.9. The molecule has 108 valence electrons. The van der Waals surface area contributed by atoms with Crippen LogP contribution in [-0.4, -0.2) is 42.1 Å². The van der Waals surface area contributed by atoms with Crippen LogP contribution in [0.4, 0.5) is 4.79 Å². The first-order valence-corrected chi connectivity index (χ1v) is 6.61. The summed E-state index contributed by atoms with van der Waals surface area (Å²) >= 11 is 0. The molecule has 0 aliphatic heterocycles. The fraction of sp³-hybridized carbons (Fsp3) is 0.750. The van der Waals surface area contributed by atoms with Crippen molar-refractivity contribution in [2.24, 2.45) is 0 Å². The standard InChI is InChI=1S/C12H21N3O4/c16-10(15-9-5-6-9)8-14-12(19)13-7-3-1-2-4-11(17)18/h9H,1-8H2,(H,15,16)(H,17,18)(H2,13,14,19). The molecule has 1 aliphatic carbocycles. The van der Waals surface area contributed by atoms with Crippen molar-refractivity contribution < 1.29 is 19.5 Å². The Morgan fingerprint density at radius 2 is 1.79 bits per heavy atom. The smallest absolute Gasteiger partial charge is 0.315 e. The van der Waals surface area contributed by atoms with Crippen molar-refractivity contribution in [2.45, 2.75) is 44.6 Å². The summed E-state index contributed by atoms with van der Waals surface area (Å²) < 4.78 is 0. The minimum absolute atomic E-state index is 0.0126. The predicted octanol–water partition coefficient (Wildman–Crippen LogP) is 0.209. The second-order valence-corrected chi connectivity index (χ2v) is 4.66. The van der Waals surface area contributed by atoms with Crippen molar-refractivity contribution in [3.05, 3.63) is 0 Å². The maximum atomic E-state index is 11.3. The lowest BCUT2D eigenvalue weighted by Crippen LogP contribution is -2.42. The molecule has 0 radical (unpaired) electrons. The number of unbranched alkanes of at least 4 members (excludes halogenated alkanes) is 2. The van der Waals surface area contributed by atoms with Crippen molar-refractivity contribution >= 4 is 17.9 Å². The molecule has 0 aromatic carbocycles. The van der Waals surface area contributed by atoms with E-state index in [0.29, 0.717) is 19.0 Å². The van der Waals surface area contributed by atoms with Crippen molar-refractivity contribution in [3.63, 3.8) is 0 Å². The van der Waals surface area contributed by atoms with Crippen LogP contribution in [0.1, 0.15) is 38.5 Å². The normalized spacial score (nSPS) is 13.7. The summed E-state index contributed by atoms with van der Waals surface area (Å²) in [5, 5.41) is 16.3. The first-order chi connectivity index (χ1) is 9.08. The molecule has 0 aromatic rings. The molecule has 0 saturated heterocycles. The lowest BCUT2D eigenvalue weighted by molar-refractivity contribution is -0.137. The molecule has 1 aliphatic rings. The van der Waals surface area contributed by atoms with Gasteiger partial charge in [0.15, 0.2) is 0 Å². The van der Waals surface area contributed by atoms with E-state index < -0.39 is 5.97 Å². The van der Waals surface area contributed by atoms with Crippen LogP contribution in [0.25, 0.3) is 0 Å². The van der Waals surface area contributed by atoms with Gasteiger partial charge in [0.1, 0.15) is 0 Å². The van der Waals surface area contributed by atoms with Gasteiger partial charge in [0.2, 0.25) is 5.91 Å². The summed E-state index contributed by atoms with van der Waals surface area (Å²) in [5.41, 5.74) is 0. The molecule has 3 amide bonds. The number of carbonyl (C=O) groups is 3. The Labute approximate surface area is 112 Å². The highest BCUT2D eigenvalue weighted by molar-refractivity contribution is 5.84. The Kier molecular flexibility index (Phi) is 6.70. The molecule has 4 N–H and O–H groups in total. The van der Waals surface area contributed by atoms with Crippen LogP contribution in [-0.2, 0) is 9.59 Å². The zero-order chi connectivity index (χ0) is 14.1. The maximum absolute atomic E-state index is 11.3. The molecule has 0 aromatic heterocycles. The molecule has 0 bridgehead atoms. The van der Waals surface area contributed by atoms with Crippen LogP contribution in [0.5, 0.6) is 0 Å². The number of carboxylic acid groups (broad SMARTS) is 1. The van der Waals surface area contributed by atoms with Gasteiger partial charge in [0.05, 0.1) is 6.54 Å². The first kappa shape index (κ1) is 15.3. The van der Waals surface area contributed by atoms with Crippen LogP contribution >= 0.6 is 0 Å². The summed E-state index contributed by atoms with van der Waals surface area (Å²) in [6.07, 6.45) is 4.31. The molecule has 0 heterocycles. The lowest BCUT2D eigenvalue weighted by atomic mass is 10.2. The molecule has 0 unspecified atom stereocenters. The van der Waals surface area contributed by atoms with Gasteiger partial charge >= 0.3 is 12.0 Å². The molecule has 19 heavy (non-hydrogen) atoms. The molecule has 1 saturated carbocycles. The van der Waals surface area contributed by atoms with Gasteiger partial charge < -0.3 is 21.1 Å². The third-order valence-corrected chi connectivity index (χ3v) is 2.70. The SMILES string of the molecule is O=C(O)CCCCCNC(=O)NCC(=O)NC1CC1. The van der Waals surface area contributed by atoms with Crippen molar-refractivity contribution in [2.75, 3.05) is 13.1 Å². The van der Waals surface area contributed by atoms with Crippen LogP contribution < -0.4 is 16.0 Å². The van der Waals surface area contributed by atoms with Gasteiger partial charge in [-0.15, -0.1) is 0 Å². The molecular weight excluding hydrogens is 250 g/mol. The van der Waals surface area contributed by atoms with Crippen molar-refractivity contribution in [1.29, 1.82) is 0 Å². The maximum Gasteiger partial charge on any atom is 0.315 e. The van der Waals surface area contributed by atoms with E-state index in [1.54, 1.807) is 0 Å². The van der Waals surface area contributed by atoms with E-state index in [0.717, 1.165) is 25.7 Å². The summed E-state index contributed by atoms with van der Waals surface area (Å²) in [6, 6.07) is -0.0734. The van der Waals surface area contributed by atoms with Gasteiger partial charge in [0.25, 0.3) is 0 Å². The van der Waals surface area contributed by atoms with Gasteiger partial charge in [-0.2, -0.15) is 0 Å². The highest BCUT2D eigenvalue weighted by Crippen LogP contribution is 2.18. The van der Waals surface area contributed by atoms with Crippen LogP contribution in [0.3, 0.4) is 0 Å². The summed E-state index contributed by atoms with van der Waals surface area (Å²) in [7, 11) is 0. The topological polar surface area (TPSA) is 108 Å². The highest BCUT2D eigenvalue weighted by Gasteiger charge is 2.22. The van der Waals surface area contributed by atoms with E-state index in [2.05, 4.69) is 16.0 Å². The Morgan fingerprint density at radius 1 is 1.05 bits per heavy atom. The number of amides is 3. The van der Waals surface area contributed by atoms with Gasteiger partial charge in [-0.05, 0) is 25.7 Å². The minimum atomic E-state index is -0.799. The van der Waals surface area contributed by atoms with Gasteiger partial charge in [-0.1, -0.05) is 6.42 Å². The summed E-state index contributed by atoms with van der Waals surface area (Å²) in [5.74, 6) is -0.966. The number of carbonyl (C=O) groups excluding carboxylic acids is 2. The third kappa shape index (κ3) is 8.87. The minimum Gasteiger partial charge on any atom is -0.481 e. The zero-order valence-corrected chi connectivity index (χ0v) is 10.9. The molecule has 0 atom stereocenters. The largest absolute Gasteiger partial charge is 0.481 e. The lowest BCUT2D eigenvalue weighted by Gasteiger charge is -2.07. The quantitative estimate of drug-likeness (QED) is 0.449. The average molecular weight is 271 g/mol. The van der Waals surface area contributed by atoms with Crippen molar-refractivity contribution in [1.82, 2.24) is 16.0 Å². The molecule has 1 rings (SSSR count). The molecule has 0 spiro atoms. The summed E-state index contributed by atoms with van der Waals surface area (Å²) in [4.78, 5) is 32.8. The molecular formula is C12H21N3O4. The second kappa shape index (κ2) is 8.34. The number of rotatable bonds is 9. The number of aliphatic carboxylic acids is 1. The van der Waals surface area contributed by atoms with Crippen LogP contribution in [0, 0.1) is 0 Å². The van der Waals surface area contributed by atoms with E-state index >= 15 is 0 Å². The Morgan fingerprint density at radius 3 is 2.42 bits per heavy atom. The predicted molar refractivity (Wildman–Crippen MR) is 68.7 cm³/mol. The number of nitrogens with one attached hydrogen (secondary N) is 3. The second-order valence-electron chi connectivity index (χ2n) is 4.66. The number of carboxylic acids is 1. The van der Waals surface area contributed by atoms with E-state index in [1.807, 2.05) is 0 Å². The van der Waals surface area contributed by atoms with Gasteiger partial charge in [-0.25, -0.2) is 4.79 Å². The van der Waals surface area contributed by atoms with Crippen LogP contribution in [0.15, 0.2) is 0 Å². The Hall–Kier alpha value is -1.79. The third-order valence-electron chi connectivity index (χ3n) is 2.70. The first-order valence-electron chi connectivity index (χ1n) is 6.61. The number of hydrogen-bond donors (Lipinski definition) is 4. The number of hydrogen-bond acceptors (Lipinski definition) is 3. The fourth-order valence-corrected chi connectivity index (χ4v) is 1.51. The van der Waals surface area contributed by atoms with E-state index in [1.165, 1.54) is 0 Å². The molecule has 7 nitrogen and oxygen atoms in total. The Balaban J connectivity index is 1.89. The summed E-state index contributed by atoms with van der Waals surface area (Å²) in [6.45, 7) is 0.469. The van der Waals surface area contributed by atoms with Gasteiger partial charge in [-0.3, -0.25) is 9.59 Å². The van der Waals surface area contributed by atoms with E-state index in [4.69, 9.17) is 5.11 Å². The monoisotopic (exact) mass is 271 g/mol.